The average Bonchev–Trinajstić information content (AvgIpc) is 2.86. The Balaban J connectivity index is 2.26. The van der Waals surface area contributed by atoms with E-state index in [1.54, 1.807) is 18.2 Å². The SMILES string of the molecule is N#Cc1ccccc1CS(=O)(=O)Nc1ccsc1C(=O)O. The topological polar surface area (TPSA) is 107 Å². The highest BCUT2D eigenvalue weighted by Gasteiger charge is 2.19. The zero-order chi connectivity index (χ0) is 15.5. The average molecular weight is 322 g/mol. The number of benzene rings is 1. The Morgan fingerprint density at radius 3 is 2.71 bits per heavy atom. The molecule has 0 unspecified atom stereocenters. The summed E-state index contributed by atoms with van der Waals surface area (Å²) >= 11 is 0.933. The Morgan fingerprint density at radius 1 is 1.33 bits per heavy atom. The number of thiophene rings is 1. The van der Waals surface area contributed by atoms with Gasteiger partial charge in [0.25, 0.3) is 0 Å². The molecule has 1 aromatic heterocycles. The van der Waals surface area contributed by atoms with E-state index in [9.17, 15) is 13.2 Å². The molecule has 2 N–H and O–H groups in total. The van der Waals surface area contributed by atoms with Gasteiger partial charge in [-0.2, -0.15) is 5.26 Å². The summed E-state index contributed by atoms with van der Waals surface area (Å²) in [4.78, 5) is 10.9. The number of hydrogen-bond donors (Lipinski definition) is 2. The molecule has 0 aliphatic carbocycles. The minimum Gasteiger partial charge on any atom is -0.477 e. The fourth-order valence-corrected chi connectivity index (χ4v) is 3.71. The number of nitriles is 1. The summed E-state index contributed by atoms with van der Waals surface area (Å²) < 4.78 is 26.4. The fraction of sp³-hybridized carbons (Fsp3) is 0.0769. The van der Waals surface area contributed by atoms with Gasteiger partial charge in [0.05, 0.1) is 23.1 Å². The van der Waals surface area contributed by atoms with Gasteiger partial charge in [-0.05, 0) is 23.1 Å². The quantitative estimate of drug-likeness (QED) is 0.878. The molecule has 0 saturated heterocycles. The first kappa shape index (κ1) is 15.0. The predicted octanol–water partition coefficient (Wildman–Crippen LogP) is 2.26. The van der Waals surface area contributed by atoms with Crippen molar-refractivity contribution in [3.8, 4) is 6.07 Å². The van der Waals surface area contributed by atoms with Crippen LogP contribution in [0.3, 0.4) is 0 Å². The number of sulfonamides is 1. The Kier molecular flexibility index (Phi) is 4.26. The van der Waals surface area contributed by atoms with Gasteiger partial charge >= 0.3 is 5.97 Å². The van der Waals surface area contributed by atoms with Crippen molar-refractivity contribution in [2.75, 3.05) is 4.72 Å². The highest BCUT2D eigenvalue weighted by Crippen LogP contribution is 2.24. The first-order valence-electron chi connectivity index (χ1n) is 5.72. The Hall–Kier alpha value is -2.37. The van der Waals surface area contributed by atoms with Crippen molar-refractivity contribution >= 4 is 33.0 Å². The standard InChI is InChI=1S/C13H10N2O4S2/c14-7-9-3-1-2-4-10(9)8-21(18,19)15-11-5-6-20-12(11)13(16)17/h1-6,15H,8H2,(H,16,17). The normalized spacial score (nSPS) is 10.8. The maximum Gasteiger partial charge on any atom is 0.348 e. The van der Waals surface area contributed by atoms with E-state index in [0.29, 0.717) is 5.56 Å². The molecule has 0 radical (unpaired) electrons. The van der Waals surface area contributed by atoms with Crippen LogP contribution in [0.25, 0.3) is 0 Å². The molecular formula is C13H10N2O4S2. The van der Waals surface area contributed by atoms with Crippen LogP contribution in [-0.2, 0) is 15.8 Å². The maximum atomic E-state index is 12.1. The first-order valence-corrected chi connectivity index (χ1v) is 8.25. The number of carboxylic acids is 1. The van der Waals surface area contributed by atoms with E-state index in [1.807, 2.05) is 6.07 Å². The summed E-state index contributed by atoms with van der Waals surface area (Å²) in [6, 6.07) is 9.66. The van der Waals surface area contributed by atoms with Gasteiger partial charge in [-0.15, -0.1) is 11.3 Å². The molecular weight excluding hydrogens is 312 g/mol. The number of anilines is 1. The lowest BCUT2D eigenvalue weighted by atomic mass is 10.1. The number of rotatable bonds is 5. The van der Waals surface area contributed by atoms with E-state index in [1.165, 1.54) is 17.5 Å². The van der Waals surface area contributed by atoms with Crippen LogP contribution in [0.1, 0.15) is 20.8 Å². The molecule has 21 heavy (non-hydrogen) atoms. The summed E-state index contributed by atoms with van der Waals surface area (Å²) in [6.07, 6.45) is 0. The third-order valence-corrected chi connectivity index (χ3v) is 4.73. The Bertz CT molecular complexity index is 819. The second-order valence-electron chi connectivity index (χ2n) is 4.10. The second kappa shape index (κ2) is 5.95. The van der Waals surface area contributed by atoms with Gasteiger partial charge in [-0.1, -0.05) is 18.2 Å². The molecule has 1 aromatic carbocycles. The van der Waals surface area contributed by atoms with Gasteiger partial charge in [0, 0.05) is 0 Å². The zero-order valence-electron chi connectivity index (χ0n) is 10.6. The first-order chi connectivity index (χ1) is 9.93. The van der Waals surface area contributed by atoms with Crippen molar-refractivity contribution < 1.29 is 18.3 Å². The van der Waals surface area contributed by atoms with Crippen LogP contribution in [0.4, 0.5) is 5.69 Å². The summed E-state index contributed by atoms with van der Waals surface area (Å²) in [6.45, 7) is 0. The number of carboxylic acid groups (broad SMARTS) is 1. The van der Waals surface area contributed by atoms with E-state index < -0.39 is 21.7 Å². The molecule has 0 spiro atoms. The van der Waals surface area contributed by atoms with E-state index in [-0.39, 0.29) is 16.1 Å². The smallest absolute Gasteiger partial charge is 0.348 e. The van der Waals surface area contributed by atoms with Crippen LogP contribution < -0.4 is 4.72 Å². The molecule has 0 bridgehead atoms. The lowest BCUT2D eigenvalue weighted by Gasteiger charge is -2.08. The van der Waals surface area contributed by atoms with E-state index in [0.717, 1.165) is 11.3 Å². The minimum atomic E-state index is -3.80. The number of nitrogens with one attached hydrogen (secondary N) is 1. The monoisotopic (exact) mass is 322 g/mol. The lowest BCUT2D eigenvalue weighted by Crippen LogP contribution is -2.16. The number of nitrogens with zero attached hydrogens (tertiary/aromatic N) is 1. The Labute approximate surface area is 125 Å². The predicted molar refractivity (Wildman–Crippen MR) is 78.7 cm³/mol. The molecule has 0 aliphatic rings. The molecule has 0 atom stereocenters. The molecule has 8 heteroatoms. The van der Waals surface area contributed by atoms with Gasteiger partial charge in [0.15, 0.2) is 0 Å². The van der Waals surface area contributed by atoms with Gasteiger partial charge in [-0.3, -0.25) is 4.72 Å². The third kappa shape index (κ3) is 3.59. The fourth-order valence-electron chi connectivity index (χ4n) is 1.72. The molecule has 0 amide bonds. The summed E-state index contributed by atoms with van der Waals surface area (Å²) in [5, 5.41) is 19.4. The Morgan fingerprint density at radius 2 is 2.05 bits per heavy atom. The van der Waals surface area contributed by atoms with Crippen molar-refractivity contribution in [2.45, 2.75) is 5.75 Å². The van der Waals surface area contributed by atoms with Crippen LogP contribution in [0.2, 0.25) is 0 Å². The van der Waals surface area contributed by atoms with Crippen molar-refractivity contribution in [2.24, 2.45) is 0 Å². The van der Waals surface area contributed by atoms with E-state index in [4.69, 9.17) is 10.4 Å². The summed E-state index contributed by atoms with van der Waals surface area (Å²) in [7, 11) is -3.80. The van der Waals surface area contributed by atoms with Crippen molar-refractivity contribution in [1.29, 1.82) is 5.26 Å². The summed E-state index contributed by atoms with van der Waals surface area (Å²) in [5.74, 6) is -1.59. The molecule has 1 heterocycles. The van der Waals surface area contributed by atoms with Crippen molar-refractivity contribution in [3.05, 3.63) is 51.7 Å². The highest BCUT2D eigenvalue weighted by atomic mass is 32.2. The molecule has 0 aliphatic heterocycles. The van der Waals surface area contributed by atoms with Crippen LogP contribution in [0.15, 0.2) is 35.7 Å². The molecule has 2 aromatic rings. The molecule has 6 nitrogen and oxygen atoms in total. The van der Waals surface area contributed by atoms with Crippen LogP contribution in [-0.4, -0.2) is 19.5 Å². The number of aromatic carboxylic acids is 1. The van der Waals surface area contributed by atoms with Crippen molar-refractivity contribution in [1.82, 2.24) is 0 Å². The van der Waals surface area contributed by atoms with Gasteiger partial charge in [0.2, 0.25) is 10.0 Å². The maximum absolute atomic E-state index is 12.1. The number of hydrogen-bond acceptors (Lipinski definition) is 5. The van der Waals surface area contributed by atoms with Crippen LogP contribution in [0.5, 0.6) is 0 Å². The largest absolute Gasteiger partial charge is 0.477 e. The molecule has 108 valence electrons. The van der Waals surface area contributed by atoms with Crippen molar-refractivity contribution in [3.63, 3.8) is 0 Å². The molecule has 2 rings (SSSR count). The van der Waals surface area contributed by atoms with E-state index >= 15 is 0 Å². The van der Waals surface area contributed by atoms with Gasteiger partial charge in [0.1, 0.15) is 4.88 Å². The van der Waals surface area contributed by atoms with Gasteiger partial charge < -0.3 is 5.11 Å². The second-order valence-corrected chi connectivity index (χ2v) is 6.74. The molecule has 0 fully saturated rings. The van der Waals surface area contributed by atoms with E-state index in [2.05, 4.69) is 4.72 Å². The van der Waals surface area contributed by atoms with Gasteiger partial charge in [-0.25, -0.2) is 13.2 Å². The molecule has 0 saturated carbocycles. The minimum absolute atomic E-state index is 0.0296. The zero-order valence-corrected chi connectivity index (χ0v) is 12.2. The highest BCUT2D eigenvalue weighted by molar-refractivity contribution is 7.91. The van der Waals surface area contributed by atoms with Crippen LogP contribution >= 0.6 is 11.3 Å². The number of carbonyl (C=O) groups is 1. The third-order valence-electron chi connectivity index (χ3n) is 2.61. The van der Waals surface area contributed by atoms with Crippen LogP contribution in [0, 0.1) is 11.3 Å². The lowest BCUT2D eigenvalue weighted by molar-refractivity contribution is 0.0703. The summed E-state index contributed by atoms with van der Waals surface area (Å²) in [5.41, 5.74) is 0.660.